The molecule has 4 N–H and O–H groups in total. The summed E-state index contributed by atoms with van der Waals surface area (Å²) < 4.78 is 0. The molecule has 0 unspecified atom stereocenters. The Morgan fingerprint density at radius 3 is 2.60 bits per heavy atom. The third-order valence-electron chi connectivity index (χ3n) is 2.03. The van der Waals surface area contributed by atoms with Gasteiger partial charge in [0, 0.05) is 0 Å². The van der Waals surface area contributed by atoms with Gasteiger partial charge in [0.05, 0.1) is 16.5 Å². The number of rotatable bonds is 1. The number of primary amides is 1. The van der Waals surface area contributed by atoms with Crippen LogP contribution in [0, 0.1) is 0 Å². The maximum atomic E-state index is 11.4. The number of fused-ring (bicyclic) bond motifs is 1. The van der Waals surface area contributed by atoms with Gasteiger partial charge in [-0.05, 0) is 12.1 Å². The Balaban J connectivity index is 3.05. The lowest BCUT2D eigenvalue weighted by Gasteiger charge is -2.00. The first kappa shape index (κ1) is 9.20. The number of aromatic nitrogens is 2. The fourth-order valence-electron chi connectivity index (χ4n) is 1.43. The van der Waals surface area contributed by atoms with Crippen molar-refractivity contribution in [3.8, 4) is 0 Å². The van der Waals surface area contributed by atoms with E-state index in [2.05, 4.69) is 4.98 Å². The molecule has 1 aromatic carbocycles. The summed E-state index contributed by atoms with van der Waals surface area (Å²) >= 11 is 0. The highest BCUT2D eigenvalue weighted by molar-refractivity contribution is 6.04. The molecule has 0 fully saturated rings. The Kier molecular flexibility index (Phi) is 1.89. The number of hydrogen-bond donors (Lipinski definition) is 3. The second-order valence-electron chi connectivity index (χ2n) is 3.00. The maximum Gasteiger partial charge on any atom is 0.326 e. The van der Waals surface area contributed by atoms with Gasteiger partial charge in [0.2, 0.25) is 5.91 Å². The van der Waals surface area contributed by atoms with Crippen LogP contribution in [0.2, 0.25) is 0 Å². The van der Waals surface area contributed by atoms with Crippen LogP contribution >= 0.6 is 0 Å². The SMILES string of the molecule is NC(=O)c1cccc2[nH]c(=O)[nH]c(=O)c12. The van der Waals surface area contributed by atoms with E-state index in [9.17, 15) is 14.4 Å². The van der Waals surface area contributed by atoms with Crippen molar-refractivity contribution >= 4 is 16.8 Å². The molecule has 0 saturated carbocycles. The second-order valence-corrected chi connectivity index (χ2v) is 3.00. The fourth-order valence-corrected chi connectivity index (χ4v) is 1.43. The molecular formula is C9H7N3O3. The Morgan fingerprint density at radius 1 is 1.20 bits per heavy atom. The fraction of sp³-hybridized carbons (Fsp3) is 0. The van der Waals surface area contributed by atoms with Crippen molar-refractivity contribution in [3.05, 3.63) is 44.6 Å². The van der Waals surface area contributed by atoms with Gasteiger partial charge in [0.15, 0.2) is 0 Å². The number of amides is 1. The Labute approximate surface area is 82.7 Å². The summed E-state index contributed by atoms with van der Waals surface area (Å²) in [4.78, 5) is 37.9. The highest BCUT2D eigenvalue weighted by Gasteiger charge is 2.09. The monoisotopic (exact) mass is 205 g/mol. The summed E-state index contributed by atoms with van der Waals surface area (Å²) in [6.45, 7) is 0. The van der Waals surface area contributed by atoms with Crippen LogP contribution in [0.4, 0.5) is 0 Å². The third kappa shape index (κ3) is 1.41. The van der Waals surface area contributed by atoms with E-state index in [0.717, 1.165) is 0 Å². The lowest BCUT2D eigenvalue weighted by atomic mass is 10.1. The van der Waals surface area contributed by atoms with Gasteiger partial charge in [-0.15, -0.1) is 0 Å². The van der Waals surface area contributed by atoms with Gasteiger partial charge in [0.1, 0.15) is 0 Å². The van der Waals surface area contributed by atoms with E-state index in [4.69, 9.17) is 5.73 Å². The molecule has 0 aliphatic rings. The number of benzene rings is 1. The summed E-state index contributed by atoms with van der Waals surface area (Å²) in [6.07, 6.45) is 0. The van der Waals surface area contributed by atoms with Gasteiger partial charge in [-0.3, -0.25) is 14.6 Å². The number of aromatic amines is 2. The van der Waals surface area contributed by atoms with Crippen LogP contribution in [-0.2, 0) is 0 Å². The van der Waals surface area contributed by atoms with Crippen LogP contribution in [0.1, 0.15) is 10.4 Å². The second kappa shape index (κ2) is 3.09. The van der Waals surface area contributed by atoms with E-state index in [-0.39, 0.29) is 10.9 Å². The van der Waals surface area contributed by atoms with E-state index < -0.39 is 17.2 Å². The van der Waals surface area contributed by atoms with Gasteiger partial charge >= 0.3 is 5.69 Å². The minimum atomic E-state index is -0.710. The first-order valence-corrected chi connectivity index (χ1v) is 4.15. The summed E-state index contributed by atoms with van der Waals surface area (Å²) in [7, 11) is 0. The number of carbonyl (C=O) groups is 1. The molecule has 1 amide bonds. The normalized spacial score (nSPS) is 10.4. The summed E-state index contributed by atoms with van der Waals surface area (Å²) in [5, 5.41) is 0.101. The molecule has 6 heteroatoms. The van der Waals surface area contributed by atoms with Gasteiger partial charge in [-0.1, -0.05) is 6.07 Å². The molecule has 0 spiro atoms. The molecule has 2 rings (SSSR count). The molecule has 76 valence electrons. The minimum absolute atomic E-state index is 0.0880. The molecule has 1 heterocycles. The van der Waals surface area contributed by atoms with Crippen molar-refractivity contribution in [1.82, 2.24) is 9.97 Å². The van der Waals surface area contributed by atoms with Crippen molar-refractivity contribution in [2.45, 2.75) is 0 Å². The van der Waals surface area contributed by atoms with Gasteiger partial charge in [0.25, 0.3) is 5.56 Å². The summed E-state index contributed by atoms with van der Waals surface area (Å²) in [6, 6.07) is 4.49. The van der Waals surface area contributed by atoms with Crippen LogP contribution in [0.15, 0.2) is 27.8 Å². The number of carbonyl (C=O) groups excluding carboxylic acids is 1. The molecular weight excluding hydrogens is 198 g/mol. The molecule has 6 nitrogen and oxygen atoms in total. The molecule has 15 heavy (non-hydrogen) atoms. The number of hydrogen-bond acceptors (Lipinski definition) is 3. The standard InChI is InChI=1S/C9H7N3O3/c10-7(13)4-2-1-3-5-6(4)8(14)12-9(15)11-5/h1-3H,(H2,10,13)(H2,11,12,14,15). The highest BCUT2D eigenvalue weighted by atomic mass is 16.2. The third-order valence-corrected chi connectivity index (χ3v) is 2.03. The predicted octanol–water partition coefficient (Wildman–Crippen LogP) is -0.685. The molecule has 0 aliphatic heterocycles. The van der Waals surface area contributed by atoms with E-state index in [1.807, 2.05) is 4.98 Å². The number of nitrogens with two attached hydrogens (primary N) is 1. The number of nitrogens with one attached hydrogen (secondary N) is 2. The zero-order valence-electron chi connectivity index (χ0n) is 7.53. The van der Waals surface area contributed by atoms with Gasteiger partial charge in [-0.25, -0.2) is 4.79 Å². The molecule has 0 atom stereocenters. The Bertz CT molecular complexity index is 653. The van der Waals surface area contributed by atoms with Crippen molar-refractivity contribution < 1.29 is 4.79 Å². The lowest BCUT2D eigenvalue weighted by Crippen LogP contribution is -2.24. The quantitative estimate of drug-likeness (QED) is 0.573. The van der Waals surface area contributed by atoms with Crippen LogP contribution in [-0.4, -0.2) is 15.9 Å². The maximum absolute atomic E-state index is 11.4. The van der Waals surface area contributed by atoms with E-state index in [1.165, 1.54) is 18.2 Å². The molecule has 0 bridgehead atoms. The van der Waals surface area contributed by atoms with Gasteiger partial charge in [-0.2, -0.15) is 0 Å². The Morgan fingerprint density at radius 2 is 1.93 bits per heavy atom. The number of H-pyrrole nitrogens is 2. The molecule has 1 aromatic heterocycles. The molecule has 0 radical (unpaired) electrons. The first-order valence-electron chi connectivity index (χ1n) is 4.15. The molecule has 2 aromatic rings. The zero-order valence-corrected chi connectivity index (χ0v) is 7.53. The van der Waals surface area contributed by atoms with Crippen molar-refractivity contribution in [1.29, 1.82) is 0 Å². The topological polar surface area (TPSA) is 109 Å². The smallest absolute Gasteiger partial charge is 0.326 e. The average Bonchev–Trinajstić information content (AvgIpc) is 2.16. The molecule has 0 aliphatic carbocycles. The average molecular weight is 205 g/mol. The van der Waals surface area contributed by atoms with Crippen molar-refractivity contribution in [3.63, 3.8) is 0 Å². The van der Waals surface area contributed by atoms with E-state index in [1.54, 1.807) is 0 Å². The summed E-state index contributed by atoms with van der Waals surface area (Å²) in [5.41, 5.74) is 4.24. The van der Waals surface area contributed by atoms with Crippen LogP contribution in [0.25, 0.3) is 10.9 Å². The predicted molar refractivity (Wildman–Crippen MR) is 53.7 cm³/mol. The largest absolute Gasteiger partial charge is 0.366 e. The zero-order chi connectivity index (χ0) is 11.0. The van der Waals surface area contributed by atoms with Crippen LogP contribution in [0.5, 0.6) is 0 Å². The Hall–Kier alpha value is -2.37. The van der Waals surface area contributed by atoms with E-state index in [0.29, 0.717) is 5.52 Å². The van der Waals surface area contributed by atoms with Crippen molar-refractivity contribution in [2.75, 3.05) is 0 Å². The van der Waals surface area contributed by atoms with Crippen LogP contribution in [0.3, 0.4) is 0 Å². The first-order chi connectivity index (χ1) is 7.09. The highest BCUT2D eigenvalue weighted by Crippen LogP contribution is 2.10. The van der Waals surface area contributed by atoms with Crippen molar-refractivity contribution in [2.24, 2.45) is 5.73 Å². The van der Waals surface area contributed by atoms with E-state index >= 15 is 0 Å². The lowest BCUT2D eigenvalue weighted by molar-refractivity contribution is 0.100. The minimum Gasteiger partial charge on any atom is -0.366 e. The van der Waals surface area contributed by atoms with Crippen LogP contribution < -0.4 is 17.0 Å². The van der Waals surface area contributed by atoms with Gasteiger partial charge < -0.3 is 10.7 Å². The summed E-state index contributed by atoms with van der Waals surface area (Å²) in [5.74, 6) is -0.710. The molecule has 0 saturated heterocycles.